The van der Waals surface area contributed by atoms with Gasteiger partial charge in [-0.2, -0.15) is 5.26 Å². The molecule has 0 aliphatic rings. The van der Waals surface area contributed by atoms with Gasteiger partial charge < -0.3 is 14.0 Å². The smallest absolute Gasteiger partial charge is 0.166 e. The van der Waals surface area contributed by atoms with Crippen LogP contribution in [0.1, 0.15) is 5.69 Å². The Bertz CT molecular complexity index is 611. The number of aromatic nitrogens is 2. The van der Waals surface area contributed by atoms with E-state index in [0.29, 0.717) is 17.2 Å². The van der Waals surface area contributed by atoms with Crippen molar-refractivity contribution < 1.29 is 9.47 Å². The first-order valence-electron chi connectivity index (χ1n) is 5.35. The van der Waals surface area contributed by atoms with Gasteiger partial charge in [0.25, 0.3) is 0 Å². The van der Waals surface area contributed by atoms with E-state index in [4.69, 9.17) is 14.7 Å². The van der Waals surface area contributed by atoms with Crippen LogP contribution in [0, 0.1) is 11.3 Å². The molecule has 1 aromatic carbocycles. The maximum Gasteiger partial charge on any atom is 0.166 e. The Labute approximate surface area is 105 Å². The summed E-state index contributed by atoms with van der Waals surface area (Å²) in [5.74, 6) is 1.28. The highest BCUT2D eigenvalue weighted by Gasteiger charge is 2.13. The molecule has 0 aliphatic carbocycles. The summed E-state index contributed by atoms with van der Waals surface area (Å²) in [6.07, 6.45) is 1.62. The molecule has 0 amide bonds. The van der Waals surface area contributed by atoms with Crippen molar-refractivity contribution in [3.63, 3.8) is 0 Å². The zero-order valence-electron chi connectivity index (χ0n) is 10.5. The monoisotopic (exact) mass is 243 g/mol. The molecule has 0 unspecified atom stereocenters. The molecule has 0 atom stereocenters. The fourth-order valence-electron chi connectivity index (χ4n) is 1.84. The van der Waals surface area contributed by atoms with Gasteiger partial charge in [0.1, 0.15) is 6.07 Å². The van der Waals surface area contributed by atoms with E-state index in [9.17, 15) is 0 Å². The molecule has 0 fully saturated rings. The molecule has 0 N–H and O–H groups in total. The molecule has 0 aliphatic heterocycles. The predicted octanol–water partition coefficient (Wildman–Crippen LogP) is 1.98. The van der Waals surface area contributed by atoms with Crippen molar-refractivity contribution in [3.05, 3.63) is 30.2 Å². The fraction of sp³-hybridized carbons (Fsp3) is 0.231. The van der Waals surface area contributed by atoms with Crippen LogP contribution in [-0.4, -0.2) is 23.8 Å². The highest BCUT2D eigenvalue weighted by Crippen LogP contribution is 2.33. The number of methoxy groups -OCH3 is 2. The van der Waals surface area contributed by atoms with Crippen LogP contribution in [0.4, 0.5) is 0 Å². The minimum absolute atomic E-state index is 0.393. The minimum atomic E-state index is 0.393. The first kappa shape index (κ1) is 12.0. The van der Waals surface area contributed by atoms with E-state index in [2.05, 4.69) is 11.1 Å². The number of aryl methyl sites for hydroxylation is 1. The topological polar surface area (TPSA) is 60.1 Å². The number of benzene rings is 1. The third-order valence-electron chi connectivity index (χ3n) is 2.70. The van der Waals surface area contributed by atoms with E-state index in [1.807, 2.05) is 25.2 Å². The van der Waals surface area contributed by atoms with Gasteiger partial charge in [-0.3, -0.25) is 0 Å². The Morgan fingerprint density at radius 1 is 1.22 bits per heavy atom. The quantitative estimate of drug-likeness (QED) is 0.827. The molecule has 0 saturated carbocycles. The van der Waals surface area contributed by atoms with E-state index in [0.717, 1.165) is 11.3 Å². The van der Waals surface area contributed by atoms with Crippen molar-refractivity contribution in [2.24, 2.45) is 7.05 Å². The van der Waals surface area contributed by atoms with Gasteiger partial charge in [-0.15, -0.1) is 0 Å². The van der Waals surface area contributed by atoms with Gasteiger partial charge in [-0.05, 0) is 18.2 Å². The van der Waals surface area contributed by atoms with E-state index >= 15 is 0 Å². The molecule has 5 heteroatoms. The summed E-state index contributed by atoms with van der Waals surface area (Å²) in [5.41, 5.74) is 2.02. The van der Waals surface area contributed by atoms with Gasteiger partial charge in [0.2, 0.25) is 0 Å². The summed E-state index contributed by atoms with van der Waals surface area (Å²) in [6.45, 7) is 0. The average Bonchev–Trinajstić information content (AvgIpc) is 2.79. The molecule has 1 aromatic heterocycles. The van der Waals surface area contributed by atoms with Crippen LogP contribution in [0.5, 0.6) is 11.5 Å². The number of nitriles is 1. The Morgan fingerprint density at radius 2 is 1.94 bits per heavy atom. The van der Waals surface area contributed by atoms with E-state index in [1.54, 1.807) is 25.1 Å². The Hall–Kier alpha value is -2.48. The van der Waals surface area contributed by atoms with Crippen molar-refractivity contribution in [2.45, 2.75) is 0 Å². The number of nitrogens with zero attached hydrogens (tertiary/aromatic N) is 3. The van der Waals surface area contributed by atoms with Gasteiger partial charge in [0.15, 0.2) is 17.2 Å². The second kappa shape index (κ2) is 4.80. The molecular formula is C13H13N3O2. The number of hydrogen-bond donors (Lipinski definition) is 0. The van der Waals surface area contributed by atoms with Crippen LogP contribution in [0.15, 0.2) is 24.5 Å². The first-order chi connectivity index (χ1) is 8.71. The van der Waals surface area contributed by atoms with Crippen LogP contribution >= 0.6 is 0 Å². The highest BCUT2D eigenvalue weighted by atomic mass is 16.5. The molecule has 1 heterocycles. The van der Waals surface area contributed by atoms with Gasteiger partial charge in [-0.1, -0.05) is 0 Å². The molecule has 5 nitrogen and oxygen atoms in total. The first-order valence-corrected chi connectivity index (χ1v) is 5.35. The van der Waals surface area contributed by atoms with E-state index in [1.165, 1.54) is 0 Å². The summed E-state index contributed by atoms with van der Waals surface area (Å²) < 4.78 is 12.2. The number of hydrogen-bond acceptors (Lipinski definition) is 4. The normalized spacial score (nSPS) is 9.89. The molecular weight excluding hydrogens is 230 g/mol. The predicted molar refractivity (Wildman–Crippen MR) is 66.5 cm³/mol. The van der Waals surface area contributed by atoms with Crippen molar-refractivity contribution >= 4 is 0 Å². The van der Waals surface area contributed by atoms with Crippen LogP contribution in [0.25, 0.3) is 11.3 Å². The summed E-state index contributed by atoms with van der Waals surface area (Å²) in [5, 5.41) is 9.04. The summed E-state index contributed by atoms with van der Waals surface area (Å²) in [4.78, 5) is 4.04. The molecule has 0 radical (unpaired) electrons. The fourth-order valence-corrected chi connectivity index (χ4v) is 1.84. The highest BCUT2D eigenvalue weighted by molar-refractivity contribution is 5.68. The zero-order chi connectivity index (χ0) is 13.1. The number of imidazole rings is 1. The Kier molecular flexibility index (Phi) is 3.20. The summed E-state index contributed by atoms with van der Waals surface area (Å²) in [7, 11) is 5.01. The lowest BCUT2D eigenvalue weighted by molar-refractivity contribution is 0.355. The van der Waals surface area contributed by atoms with E-state index < -0.39 is 0 Å². The van der Waals surface area contributed by atoms with Crippen LogP contribution < -0.4 is 9.47 Å². The van der Waals surface area contributed by atoms with Crippen LogP contribution in [0.2, 0.25) is 0 Å². The summed E-state index contributed by atoms with van der Waals surface area (Å²) >= 11 is 0. The Balaban J connectivity index is 2.58. The molecule has 0 saturated heterocycles. The standard InChI is InChI=1S/C13H13N3O2/c1-16-8-15-10(7-14)13(16)9-4-5-11(17-2)12(6-9)18-3/h4-6,8H,1-3H3. The lowest BCUT2D eigenvalue weighted by atomic mass is 10.1. The molecule has 18 heavy (non-hydrogen) atoms. The maximum absolute atomic E-state index is 9.04. The average molecular weight is 243 g/mol. The molecule has 92 valence electrons. The van der Waals surface area contributed by atoms with Crippen molar-refractivity contribution in [1.82, 2.24) is 9.55 Å². The largest absolute Gasteiger partial charge is 0.493 e. The second-order valence-electron chi connectivity index (χ2n) is 3.73. The minimum Gasteiger partial charge on any atom is -0.493 e. The molecule has 2 aromatic rings. The van der Waals surface area contributed by atoms with Crippen molar-refractivity contribution in [2.75, 3.05) is 14.2 Å². The number of ether oxygens (including phenoxy) is 2. The van der Waals surface area contributed by atoms with Gasteiger partial charge in [0, 0.05) is 12.6 Å². The lowest BCUT2D eigenvalue weighted by Gasteiger charge is -2.10. The van der Waals surface area contributed by atoms with Crippen molar-refractivity contribution in [1.29, 1.82) is 5.26 Å². The second-order valence-corrected chi connectivity index (χ2v) is 3.73. The van der Waals surface area contributed by atoms with Crippen molar-refractivity contribution in [3.8, 4) is 28.8 Å². The van der Waals surface area contributed by atoms with Gasteiger partial charge in [-0.25, -0.2) is 4.98 Å². The SMILES string of the molecule is COc1ccc(-c2c(C#N)ncn2C)cc1OC. The van der Waals surface area contributed by atoms with Gasteiger partial charge >= 0.3 is 0 Å². The third kappa shape index (κ3) is 1.89. The zero-order valence-corrected chi connectivity index (χ0v) is 10.5. The molecule has 2 rings (SSSR count). The van der Waals surface area contributed by atoms with E-state index in [-0.39, 0.29) is 0 Å². The number of rotatable bonds is 3. The van der Waals surface area contributed by atoms with Crippen LogP contribution in [-0.2, 0) is 7.05 Å². The maximum atomic E-state index is 9.04. The summed E-state index contributed by atoms with van der Waals surface area (Å²) in [6, 6.07) is 7.59. The Morgan fingerprint density at radius 3 is 2.56 bits per heavy atom. The van der Waals surface area contributed by atoms with Crippen LogP contribution in [0.3, 0.4) is 0 Å². The molecule has 0 spiro atoms. The third-order valence-corrected chi connectivity index (χ3v) is 2.70. The van der Waals surface area contributed by atoms with Gasteiger partial charge in [0.05, 0.1) is 26.2 Å². The molecule has 0 bridgehead atoms. The lowest BCUT2D eigenvalue weighted by Crippen LogP contribution is -1.94.